The van der Waals surface area contributed by atoms with Crippen LogP contribution in [0.3, 0.4) is 0 Å². The number of aromatic hydroxyl groups is 1. The Morgan fingerprint density at radius 3 is 1.86 bits per heavy atom. The number of hydrogen-bond donors (Lipinski definition) is 2. The largest absolute Gasteiger partial charge is 0.508 e. The Morgan fingerprint density at radius 1 is 0.897 bits per heavy atom. The third-order valence-electron chi connectivity index (χ3n) is 4.96. The second kappa shape index (κ2) is 7.88. The molecule has 4 nitrogen and oxygen atoms in total. The summed E-state index contributed by atoms with van der Waals surface area (Å²) in [7, 11) is 0. The highest BCUT2D eigenvalue weighted by molar-refractivity contribution is 5.86. The van der Waals surface area contributed by atoms with Crippen LogP contribution in [0.4, 0.5) is 0 Å². The minimum absolute atomic E-state index is 0.236. The van der Waals surface area contributed by atoms with E-state index in [4.69, 9.17) is 9.84 Å². The lowest BCUT2D eigenvalue weighted by Crippen LogP contribution is -2.42. The first-order chi connectivity index (χ1) is 13.5. The Morgan fingerprint density at radius 2 is 1.38 bits per heavy atom. The number of benzene rings is 2. The van der Waals surface area contributed by atoms with Gasteiger partial charge in [-0.1, -0.05) is 42.0 Å². The Kier molecular flexibility index (Phi) is 5.67. The molecule has 1 heterocycles. The van der Waals surface area contributed by atoms with Crippen LogP contribution in [-0.2, 0) is 9.53 Å². The van der Waals surface area contributed by atoms with E-state index in [1.807, 2.05) is 36.4 Å². The Labute approximate surface area is 172 Å². The number of rotatable bonds is 4. The molecule has 0 amide bonds. The summed E-state index contributed by atoms with van der Waals surface area (Å²) in [6.07, 6.45) is 4.35. The van der Waals surface area contributed by atoms with Crippen molar-refractivity contribution in [1.29, 1.82) is 0 Å². The zero-order chi connectivity index (χ0) is 21.2. The molecular formula is C25H28O4. The second-order valence-electron chi connectivity index (χ2n) is 8.79. The van der Waals surface area contributed by atoms with Crippen LogP contribution in [0.1, 0.15) is 57.2 Å². The van der Waals surface area contributed by atoms with Crippen molar-refractivity contribution in [2.24, 2.45) is 0 Å². The molecule has 0 saturated carbocycles. The van der Waals surface area contributed by atoms with E-state index in [1.54, 1.807) is 18.2 Å². The van der Waals surface area contributed by atoms with Crippen LogP contribution in [0, 0.1) is 0 Å². The predicted octanol–water partition coefficient (Wildman–Crippen LogP) is 5.66. The van der Waals surface area contributed by atoms with Crippen LogP contribution in [0.5, 0.6) is 5.75 Å². The van der Waals surface area contributed by atoms with Gasteiger partial charge in [-0.2, -0.15) is 0 Å². The number of ether oxygens (including phenoxy) is 1. The quantitative estimate of drug-likeness (QED) is 0.659. The summed E-state index contributed by atoms with van der Waals surface area (Å²) in [6.45, 7) is 8.45. The van der Waals surface area contributed by atoms with Crippen molar-refractivity contribution in [1.82, 2.24) is 0 Å². The second-order valence-corrected chi connectivity index (χ2v) is 8.79. The molecule has 1 aliphatic rings. The summed E-state index contributed by atoms with van der Waals surface area (Å²) < 4.78 is 6.27. The normalized spacial score (nSPS) is 18.0. The van der Waals surface area contributed by atoms with Gasteiger partial charge in [0.1, 0.15) is 5.75 Å². The number of carboxylic acids is 1. The zero-order valence-corrected chi connectivity index (χ0v) is 17.4. The summed E-state index contributed by atoms with van der Waals surface area (Å²) in [5, 5.41) is 18.6. The topological polar surface area (TPSA) is 66.8 Å². The van der Waals surface area contributed by atoms with Crippen molar-refractivity contribution >= 4 is 17.6 Å². The van der Waals surface area contributed by atoms with Gasteiger partial charge < -0.3 is 14.9 Å². The van der Waals surface area contributed by atoms with Gasteiger partial charge in [0, 0.05) is 6.08 Å². The fourth-order valence-corrected chi connectivity index (χ4v) is 4.22. The maximum atomic E-state index is 10.8. The van der Waals surface area contributed by atoms with Crippen LogP contribution in [-0.4, -0.2) is 27.4 Å². The lowest BCUT2D eigenvalue weighted by atomic mass is 9.79. The van der Waals surface area contributed by atoms with Crippen LogP contribution < -0.4 is 0 Å². The molecule has 1 fully saturated rings. The molecule has 0 spiro atoms. The maximum Gasteiger partial charge on any atom is 0.328 e. The van der Waals surface area contributed by atoms with E-state index in [0.29, 0.717) is 0 Å². The molecule has 1 saturated heterocycles. The molecule has 152 valence electrons. The Bertz CT molecular complexity index is 927. The van der Waals surface area contributed by atoms with Crippen molar-refractivity contribution < 1.29 is 19.7 Å². The average molecular weight is 392 g/mol. The lowest BCUT2D eigenvalue weighted by molar-refractivity contribution is -0.138. The van der Waals surface area contributed by atoms with E-state index in [1.165, 1.54) is 5.57 Å². The average Bonchev–Trinajstić information content (AvgIpc) is 2.60. The van der Waals surface area contributed by atoms with Crippen molar-refractivity contribution in [3.63, 3.8) is 0 Å². The Balaban J connectivity index is 2.11. The molecule has 2 aromatic rings. The highest BCUT2D eigenvalue weighted by Crippen LogP contribution is 2.43. The zero-order valence-electron chi connectivity index (χ0n) is 17.4. The monoisotopic (exact) mass is 392 g/mol. The van der Waals surface area contributed by atoms with Gasteiger partial charge in [-0.05, 0) is 81.0 Å². The predicted molar refractivity (Wildman–Crippen MR) is 116 cm³/mol. The summed E-state index contributed by atoms with van der Waals surface area (Å²) in [5.41, 5.74) is 4.84. The summed E-state index contributed by atoms with van der Waals surface area (Å²) >= 11 is 0. The van der Waals surface area contributed by atoms with Crippen LogP contribution in [0.25, 0.3) is 11.6 Å². The van der Waals surface area contributed by atoms with E-state index >= 15 is 0 Å². The van der Waals surface area contributed by atoms with E-state index in [9.17, 15) is 9.90 Å². The Hall–Kier alpha value is -2.85. The smallest absolute Gasteiger partial charge is 0.328 e. The molecule has 0 aliphatic carbocycles. The molecule has 0 atom stereocenters. The van der Waals surface area contributed by atoms with Crippen molar-refractivity contribution in [3.8, 4) is 5.75 Å². The number of aliphatic carboxylic acids is 1. The van der Waals surface area contributed by atoms with Gasteiger partial charge in [0.2, 0.25) is 0 Å². The van der Waals surface area contributed by atoms with Gasteiger partial charge in [0.05, 0.1) is 11.2 Å². The number of hydrogen-bond acceptors (Lipinski definition) is 3. The maximum absolute atomic E-state index is 10.8. The molecule has 4 heteroatoms. The standard InChI is InChI=1S/C25H28O4/c1-24(2)15-20(16-25(3,4)29-24)23(19-10-12-21(26)13-11-19)18-8-5-17(6-9-18)7-14-22(27)28/h5-14,26H,15-16H2,1-4H3,(H,27,28)/b14-7+. The summed E-state index contributed by atoms with van der Waals surface area (Å²) in [6, 6.07) is 15.2. The van der Waals surface area contributed by atoms with Gasteiger partial charge in [0.25, 0.3) is 0 Å². The number of phenolic OH excluding ortho intramolecular Hbond substituents is 1. The number of phenols is 1. The minimum Gasteiger partial charge on any atom is -0.508 e. The van der Waals surface area contributed by atoms with Crippen LogP contribution in [0.2, 0.25) is 0 Å². The van der Waals surface area contributed by atoms with Gasteiger partial charge in [-0.15, -0.1) is 0 Å². The first kappa shape index (κ1) is 20.9. The minimum atomic E-state index is -0.965. The van der Waals surface area contributed by atoms with Gasteiger partial charge >= 0.3 is 5.97 Å². The molecule has 0 bridgehead atoms. The van der Waals surface area contributed by atoms with Crippen LogP contribution >= 0.6 is 0 Å². The van der Waals surface area contributed by atoms with E-state index in [0.717, 1.165) is 41.2 Å². The fraction of sp³-hybridized carbons (Fsp3) is 0.320. The molecule has 2 aromatic carbocycles. The molecule has 1 aliphatic heterocycles. The van der Waals surface area contributed by atoms with E-state index < -0.39 is 5.97 Å². The highest BCUT2D eigenvalue weighted by atomic mass is 16.5. The third kappa shape index (κ3) is 5.36. The van der Waals surface area contributed by atoms with E-state index in [-0.39, 0.29) is 17.0 Å². The molecule has 29 heavy (non-hydrogen) atoms. The first-order valence-electron chi connectivity index (χ1n) is 9.78. The molecule has 0 unspecified atom stereocenters. The lowest BCUT2D eigenvalue weighted by Gasteiger charge is -2.43. The molecule has 3 rings (SSSR count). The van der Waals surface area contributed by atoms with Crippen molar-refractivity contribution in [3.05, 3.63) is 76.9 Å². The molecule has 0 aromatic heterocycles. The van der Waals surface area contributed by atoms with Gasteiger partial charge in [-0.3, -0.25) is 0 Å². The number of carboxylic acid groups (broad SMARTS) is 1. The SMILES string of the molecule is CC1(C)CC(=C(c2ccc(O)cc2)c2ccc(/C=C/C(=O)O)cc2)CC(C)(C)O1. The van der Waals surface area contributed by atoms with Crippen molar-refractivity contribution in [2.45, 2.75) is 51.7 Å². The molecular weight excluding hydrogens is 364 g/mol. The summed E-state index contributed by atoms with van der Waals surface area (Å²) in [4.78, 5) is 10.8. The first-order valence-corrected chi connectivity index (χ1v) is 9.78. The van der Waals surface area contributed by atoms with Crippen molar-refractivity contribution in [2.75, 3.05) is 0 Å². The van der Waals surface area contributed by atoms with Crippen LogP contribution in [0.15, 0.2) is 60.2 Å². The number of carbonyl (C=O) groups is 1. The molecule has 2 N–H and O–H groups in total. The fourth-order valence-electron chi connectivity index (χ4n) is 4.22. The highest BCUT2D eigenvalue weighted by Gasteiger charge is 2.37. The summed E-state index contributed by atoms with van der Waals surface area (Å²) in [5.74, 6) is -0.729. The van der Waals surface area contributed by atoms with Gasteiger partial charge in [0.15, 0.2) is 0 Å². The van der Waals surface area contributed by atoms with Gasteiger partial charge in [-0.25, -0.2) is 4.79 Å². The molecule has 0 radical (unpaired) electrons. The third-order valence-corrected chi connectivity index (χ3v) is 4.96. The van der Waals surface area contributed by atoms with E-state index in [2.05, 4.69) is 27.7 Å².